The van der Waals surface area contributed by atoms with Crippen molar-refractivity contribution in [1.82, 2.24) is 4.57 Å². The second kappa shape index (κ2) is 8.57. The van der Waals surface area contributed by atoms with E-state index >= 15 is 0 Å². The zero-order valence-corrected chi connectivity index (χ0v) is 21.2. The highest BCUT2D eigenvalue weighted by Crippen LogP contribution is 2.44. The molecule has 0 saturated heterocycles. The fourth-order valence-electron chi connectivity index (χ4n) is 4.47. The van der Waals surface area contributed by atoms with Gasteiger partial charge in [-0.05, 0) is 54.4 Å². The molecule has 2 aromatic rings. The van der Waals surface area contributed by atoms with Crippen LogP contribution in [0.3, 0.4) is 0 Å². The van der Waals surface area contributed by atoms with Crippen molar-refractivity contribution >= 4 is 39.1 Å². The van der Waals surface area contributed by atoms with Crippen LogP contribution in [0.4, 0.5) is 10.1 Å². The molecule has 3 heterocycles. The molecule has 0 saturated carbocycles. The fourth-order valence-corrected chi connectivity index (χ4v) is 5.16. The molecule has 1 aromatic heterocycles. The van der Waals surface area contributed by atoms with Gasteiger partial charge in [0.25, 0.3) is 5.56 Å². The summed E-state index contributed by atoms with van der Waals surface area (Å²) < 4.78 is 21.5. The van der Waals surface area contributed by atoms with Crippen LogP contribution in [0.2, 0.25) is 0 Å². The minimum Gasteiger partial charge on any atom is -0.458 e. The van der Waals surface area contributed by atoms with Gasteiger partial charge in [-0.1, -0.05) is 6.92 Å². The van der Waals surface area contributed by atoms with Gasteiger partial charge in [0.1, 0.15) is 18.4 Å². The maximum Gasteiger partial charge on any atom is 0.343 e. The minimum absolute atomic E-state index is 0.00153. The largest absolute Gasteiger partial charge is 0.458 e. The van der Waals surface area contributed by atoms with E-state index in [9.17, 15) is 29.0 Å². The molecule has 184 valence electrons. The number of pyridine rings is 1. The van der Waals surface area contributed by atoms with Gasteiger partial charge in [-0.2, -0.15) is 0 Å². The Morgan fingerprint density at radius 2 is 2.00 bits per heavy atom. The van der Waals surface area contributed by atoms with Crippen molar-refractivity contribution in [3.63, 3.8) is 0 Å². The number of ether oxygens (including phenoxy) is 1. The van der Waals surface area contributed by atoms with Crippen molar-refractivity contribution in [2.45, 2.75) is 51.5 Å². The molecule has 2 N–H and O–H groups in total. The minimum atomic E-state index is -1.89. The average molecular weight is 547 g/mol. The van der Waals surface area contributed by atoms with Gasteiger partial charge in [-0.15, -0.1) is 0 Å². The van der Waals surface area contributed by atoms with E-state index in [-0.39, 0.29) is 41.8 Å². The predicted octanol–water partition coefficient (Wildman–Crippen LogP) is 2.84. The number of rotatable bonds is 4. The lowest BCUT2D eigenvalue weighted by molar-refractivity contribution is -0.172. The summed E-state index contributed by atoms with van der Waals surface area (Å²) in [6.07, 6.45) is 1.51. The standard InChI is InChI=1S/C25H24BrFN2O6/c1-5-25(34)16-6-7-29(22(31)15(16)12-35-23(25)32)10-20-21(26)14(11-30)13-8-18(27)17(24(2,3)33)9-19(13)28(20)4/h6-9,33-34H,5,10,12H2,1-4H3/t25-/m0/s1. The van der Waals surface area contributed by atoms with Crippen LogP contribution in [0.5, 0.6) is 0 Å². The number of fused-ring (bicyclic) bond motifs is 2. The summed E-state index contributed by atoms with van der Waals surface area (Å²) in [7, 11) is 1.70. The molecule has 0 bridgehead atoms. The first-order valence-corrected chi connectivity index (χ1v) is 11.7. The Morgan fingerprint density at radius 1 is 1.31 bits per heavy atom. The smallest absolute Gasteiger partial charge is 0.343 e. The highest BCUT2D eigenvalue weighted by Gasteiger charge is 2.44. The van der Waals surface area contributed by atoms with E-state index in [2.05, 4.69) is 15.9 Å². The zero-order chi connectivity index (χ0) is 25.9. The maximum atomic E-state index is 14.8. The zero-order valence-electron chi connectivity index (χ0n) is 19.6. The average Bonchev–Trinajstić information content (AvgIpc) is 2.79. The van der Waals surface area contributed by atoms with E-state index in [1.54, 1.807) is 18.9 Å². The topological polar surface area (TPSA) is 109 Å². The number of halogens is 2. The lowest BCUT2D eigenvalue weighted by atomic mass is 9.87. The summed E-state index contributed by atoms with van der Waals surface area (Å²) in [5, 5.41) is 21.2. The second-order valence-corrected chi connectivity index (χ2v) is 9.93. The van der Waals surface area contributed by atoms with Crippen molar-refractivity contribution in [3.05, 3.63) is 73.0 Å². The number of hydrogen-bond donors (Lipinski definition) is 2. The van der Waals surface area contributed by atoms with Crippen molar-refractivity contribution in [2.24, 2.45) is 0 Å². The number of hydrogen-bond acceptors (Lipinski definition) is 7. The third-order valence-corrected chi connectivity index (χ3v) is 7.44. The van der Waals surface area contributed by atoms with Crippen LogP contribution < -0.4 is 10.5 Å². The van der Waals surface area contributed by atoms with Crippen LogP contribution in [0.1, 0.15) is 49.4 Å². The van der Waals surface area contributed by atoms with E-state index in [4.69, 9.17) is 4.74 Å². The number of likely N-dealkylation sites (N-methyl/N-ethyl adjacent to an activating group) is 1. The summed E-state index contributed by atoms with van der Waals surface area (Å²) in [6.45, 7) is 4.28. The molecule has 0 radical (unpaired) electrons. The van der Waals surface area contributed by atoms with Crippen LogP contribution in [-0.4, -0.2) is 33.7 Å². The Balaban J connectivity index is 1.83. The van der Waals surface area contributed by atoms with Gasteiger partial charge in [0, 0.05) is 35.6 Å². The third-order valence-electron chi connectivity index (χ3n) is 6.58. The fraction of sp³-hybridized carbons (Fsp3) is 0.360. The van der Waals surface area contributed by atoms with Crippen molar-refractivity contribution in [3.8, 4) is 0 Å². The number of allylic oxidation sites excluding steroid dienone is 3. The Hall–Kier alpha value is -3.04. The van der Waals surface area contributed by atoms with Crippen molar-refractivity contribution < 1.29 is 28.9 Å². The van der Waals surface area contributed by atoms with Crippen LogP contribution in [0.15, 0.2) is 39.4 Å². The van der Waals surface area contributed by atoms with Gasteiger partial charge in [0.05, 0.1) is 33.5 Å². The summed E-state index contributed by atoms with van der Waals surface area (Å²) in [4.78, 5) is 39.0. The van der Waals surface area contributed by atoms with E-state index in [0.29, 0.717) is 21.4 Å². The molecule has 35 heavy (non-hydrogen) atoms. The molecule has 1 atom stereocenters. The molecule has 8 nitrogen and oxygen atoms in total. The number of nitrogens with zero attached hydrogens (tertiary/aromatic N) is 2. The highest BCUT2D eigenvalue weighted by atomic mass is 79.9. The van der Waals surface area contributed by atoms with Crippen molar-refractivity contribution in [2.75, 3.05) is 11.9 Å². The number of aromatic nitrogens is 1. The molecule has 10 heteroatoms. The lowest BCUT2D eigenvalue weighted by Gasteiger charge is -2.34. The lowest BCUT2D eigenvalue weighted by Crippen LogP contribution is -2.44. The molecular formula is C25H24BrFN2O6. The van der Waals surface area contributed by atoms with E-state index in [0.717, 1.165) is 0 Å². The van der Waals surface area contributed by atoms with Gasteiger partial charge in [0.15, 0.2) is 5.60 Å². The molecule has 4 rings (SSSR count). The van der Waals surface area contributed by atoms with Gasteiger partial charge >= 0.3 is 5.97 Å². The number of carbonyl (C=O) groups is 1. The molecule has 0 fully saturated rings. The summed E-state index contributed by atoms with van der Waals surface area (Å²) >= 11 is 3.41. The molecule has 0 spiro atoms. The first kappa shape index (κ1) is 25.1. The normalized spacial score (nSPS) is 19.8. The number of carbonyl (C=O) groups excluding carboxylic acids is 2. The number of benzene rings is 1. The number of aliphatic hydroxyl groups is 2. The molecule has 0 amide bonds. The van der Waals surface area contributed by atoms with E-state index in [1.807, 2.05) is 5.94 Å². The Labute approximate surface area is 209 Å². The SMILES string of the molecule is CC[C@@]1(O)C(=O)OCc2c1ccn(CC1=C(Br)C(=C=O)c3cc(F)c(C(C)(C)O)cc3N1C)c2=O. The first-order chi connectivity index (χ1) is 16.3. The Morgan fingerprint density at radius 3 is 2.60 bits per heavy atom. The van der Waals surface area contributed by atoms with Gasteiger partial charge in [-0.25, -0.2) is 14.0 Å². The highest BCUT2D eigenvalue weighted by molar-refractivity contribution is 9.12. The second-order valence-electron chi connectivity index (χ2n) is 9.14. The molecular weight excluding hydrogens is 523 g/mol. The third kappa shape index (κ3) is 3.87. The Kier molecular flexibility index (Phi) is 6.13. The molecule has 2 aliphatic rings. The quantitative estimate of drug-likeness (QED) is 0.448. The molecule has 1 aromatic carbocycles. The van der Waals surface area contributed by atoms with Crippen LogP contribution in [-0.2, 0) is 38.7 Å². The van der Waals surface area contributed by atoms with Gasteiger partial charge in [0.2, 0.25) is 0 Å². The molecule has 0 aliphatic carbocycles. The number of cyclic esters (lactones) is 1. The number of anilines is 1. The predicted molar refractivity (Wildman–Crippen MR) is 130 cm³/mol. The first-order valence-electron chi connectivity index (χ1n) is 10.9. The van der Waals surface area contributed by atoms with Crippen LogP contribution in [0.25, 0.3) is 5.57 Å². The monoisotopic (exact) mass is 546 g/mol. The summed E-state index contributed by atoms with van der Waals surface area (Å²) in [6, 6.07) is 4.17. The van der Waals surface area contributed by atoms with Crippen molar-refractivity contribution in [1.29, 1.82) is 0 Å². The summed E-state index contributed by atoms with van der Waals surface area (Å²) in [5.41, 5.74) is -2.04. The van der Waals surface area contributed by atoms with Gasteiger partial charge in [-0.3, -0.25) is 4.79 Å². The Bertz CT molecular complexity index is 1400. The van der Waals surface area contributed by atoms with Crippen LogP contribution in [0, 0.1) is 5.82 Å². The van der Waals surface area contributed by atoms with E-state index in [1.165, 1.54) is 42.8 Å². The summed E-state index contributed by atoms with van der Waals surface area (Å²) in [5.74, 6) is 0.389. The van der Waals surface area contributed by atoms with E-state index < -0.39 is 28.5 Å². The number of esters is 1. The van der Waals surface area contributed by atoms with Gasteiger partial charge < -0.3 is 24.4 Å². The van der Waals surface area contributed by atoms with Crippen LogP contribution >= 0.6 is 15.9 Å². The molecule has 2 aliphatic heterocycles. The maximum absolute atomic E-state index is 14.8. The molecule has 0 unspecified atom stereocenters.